The van der Waals surface area contributed by atoms with Crippen molar-refractivity contribution >= 4 is 38.2 Å². The summed E-state index contributed by atoms with van der Waals surface area (Å²) in [4.78, 5) is 17.3. The van der Waals surface area contributed by atoms with Crippen LogP contribution in [0.15, 0.2) is 35.0 Å². The first-order chi connectivity index (χ1) is 11.8. The van der Waals surface area contributed by atoms with Crippen LogP contribution in [-0.4, -0.2) is 42.9 Å². The summed E-state index contributed by atoms with van der Waals surface area (Å²) in [5.74, 6) is -0.858. The Morgan fingerprint density at radius 3 is 2.72 bits per heavy atom. The van der Waals surface area contributed by atoms with Crippen molar-refractivity contribution in [2.24, 2.45) is 0 Å². The van der Waals surface area contributed by atoms with Gasteiger partial charge in [0, 0.05) is 23.7 Å². The van der Waals surface area contributed by atoms with E-state index in [1.165, 1.54) is 43.7 Å². The van der Waals surface area contributed by atoms with Gasteiger partial charge in [0.05, 0.1) is 12.0 Å². The number of aromatic nitrogens is 1. The van der Waals surface area contributed by atoms with Gasteiger partial charge in [-0.05, 0) is 25.1 Å². The molecule has 0 atom stereocenters. The fourth-order valence-electron chi connectivity index (χ4n) is 2.41. The quantitative estimate of drug-likeness (QED) is 0.841. The van der Waals surface area contributed by atoms with Crippen LogP contribution in [0.3, 0.4) is 0 Å². The Labute approximate surface area is 148 Å². The normalized spacial score (nSPS) is 15.7. The van der Waals surface area contributed by atoms with Gasteiger partial charge in [-0.15, -0.1) is 11.3 Å². The number of hydrogen-bond acceptors (Lipinski definition) is 7. The summed E-state index contributed by atoms with van der Waals surface area (Å²) in [5, 5.41) is 13.4. The number of anilines is 1. The Bertz CT molecular complexity index is 994. The number of aliphatic hydroxyl groups is 1. The predicted octanol–water partition coefficient (Wildman–Crippen LogP) is 1.96. The minimum Gasteiger partial charge on any atom is -0.505 e. The van der Waals surface area contributed by atoms with E-state index in [1.807, 2.05) is 6.92 Å². The average Bonchev–Trinajstić information content (AvgIpc) is 2.97. The van der Waals surface area contributed by atoms with Crippen molar-refractivity contribution in [3.63, 3.8) is 0 Å². The maximum Gasteiger partial charge on any atom is 0.278 e. The number of ether oxygens (including phenoxy) is 1. The molecule has 1 aromatic carbocycles. The fraction of sp³-hybridized carbons (Fsp3) is 0.200. The summed E-state index contributed by atoms with van der Waals surface area (Å²) in [6, 6.07) is 4.17. The molecule has 1 aromatic heterocycles. The van der Waals surface area contributed by atoms with Crippen LogP contribution in [0.1, 0.15) is 10.4 Å². The molecule has 0 unspecified atom stereocenters. The lowest BCUT2D eigenvalue weighted by atomic mass is 10.1. The molecule has 0 spiro atoms. The number of likely N-dealkylation sites (N-methyl/N-ethyl adjacent to an activating group) is 1. The Hall–Kier alpha value is -2.59. The number of carbonyl (C=O) groups excluding carboxylic acids is 1. The maximum atomic E-state index is 12.7. The molecular formula is C15H15N3O5S2. The van der Waals surface area contributed by atoms with Gasteiger partial charge in [-0.1, -0.05) is 0 Å². The molecule has 0 fully saturated rings. The molecule has 1 aliphatic heterocycles. The van der Waals surface area contributed by atoms with Crippen LogP contribution in [0, 0.1) is 6.92 Å². The molecule has 132 valence electrons. The van der Waals surface area contributed by atoms with Gasteiger partial charge in [0.1, 0.15) is 5.75 Å². The summed E-state index contributed by atoms with van der Waals surface area (Å²) < 4.78 is 31.2. The molecule has 0 saturated carbocycles. The van der Waals surface area contributed by atoms with E-state index in [4.69, 9.17) is 4.74 Å². The number of amides is 1. The Balaban J connectivity index is 2.11. The van der Waals surface area contributed by atoms with Gasteiger partial charge in [-0.2, -0.15) is 0 Å². The topological polar surface area (TPSA) is 109 Å². The molecule has 0 saturated heterocycles. The van der Waals surface area contributed by atoms with Gasteiger partial charge in [0.25, 0.3) is 15.9 Å². The molecule has 1 aliphatic rings. The van der Waals surface area contributed by atoms with Crippen LogP contribution < -0.4 is 10.1 Å². The standard InChI is InChI=1S/C15H15N3O5S2/c1-8-7-16-15(24-8)17-14(20)12-13(19)10-6-9(23-3)4-5-11(10)25(21,22)18(12)2/h4-7,19H,1-3H3,(H,16,17,20). The molecule has 25 heavy (non-hydrogen) atoms. The zero-order valence-corrected chi connectivity index (χ0v) is 15.2. The highest BCUT2D eigenvalue weighted by atomic mass is 32.2. The molecule has 0 radical (unpaired) electrons. The molecule has 2 aromatic rings. The van der Waals surface area contributed by atoms with Crippen LogP contribution in [-0.2, 0) is 14.8 Å². The lowest BCUT2D eigenvalue weighted by Crippen LogP contribution is -2.37. The average molecular weight is 381 g/mol. The number of benzene rings is 1. The molecule has 1 amide bonds. The SMILES string of the molecule is COc1ccc2c(c1)C(O)=C(C(=O)Nc1ncc(C)s1)N(C)S2(=O)=O. The molecular weight excluding hydrogens is 366 g/mol. The third-order valence-electron chi connectivity index (χ3n) is 3.68. The fourth-order valence-corrected chi connectivity index (χ4v) is 4.45. The van der Waals surface area contributed by atoms with E-state index in [1.54, 1.807) is 6.20 Å². The van der Waals surface area contributed by atoms with E-state index >= 15 is 0 Å². The number of hydrogen-bond donors (Lipinski definition) is 2. The van der Waals surface area contributed by atoms with Gasteiger partial charge in [-0.25, -0.2) is 13.4 Å². The van der Waals surface area contributed by atoms with Crippen LogP contribution >= 0.6 is 11.3 Å². The van der Waals surface area contributed by atoms with Crippen molar-refractivity contribution in [3.8, 4) is 5.75 Å². The number of carbonyl (C=O) groups is 1. The molecule has 2 heterocycles. The van der Waals surface area contributed by atoms with Gasteiger partial charge in [0.15, 0.2) is 16.6 Å². The van der Waals surface area contributed by atoms with Gasteiger partial charge in [-0.3, -0.25) is 14.4 Å². The zero-order chi connectivity index (χ0) is 18.4. The largest absolute Gasteiger partial charge is 0.505 e. The van der Waals surface area contributed by atoms with Crippen molar-refractivity contribution in [3.05, 3.63) is 40.5 Å². The van der Waals surface area contributed by atoms with Gasteiger partial charge < -0.3 is 9.84 Å². The second-order valence-corrected chi connectivity index (χ2v) is 8.43. The van der Waals surface area contributed by atoms with E-state index in [-0.39, 0.29) is 16.2 Å². The van der Waals surface area contributed by atoms with E-state index in [0.29, 0.717) is 10.9 Å². The summed E-state index contributed by atoms with van der Waals surface area (Å²) in [6.07, 6.45) is 1.58. The first-order valence-electron chi connectivity index (χ1n) is 7.10. The summed E-state index contributed by atoms with van der Waals surface area (Å²) >= 11 is 1.24. The molecule has 0 bridgehead atoms. The second-order valence-electron chi connectivity index (χ2n) is 5.26. The minimum atomic E-state index is -3.98. The number of aliphatic hydroxyl groups excluding tert-OH is 1. The number of nitrogens with zero attached hydrogens (tertiary/aromatic N) is 2. The lowest BCUT2D eigenvalue weighted by molar-refractivity contribution is -0.113. The van der Waals surface area contributed by atoms with Crippen molar-refractivity contribution in [1.82, 2.24) is 9.29 Å². The second kappa shape index (κ2) is 6.05. The Kier molecular flexibility index (Phi) is 4.17. The third-order valence-corrected chi connectivity index (χ3v) is 6.32. The smallest absolute Gasteiger partial charge is 0.278 e. The van der Waals surface area contributed by atoms with E-state index in [9.17, 15) is 18.3 Å². The van der Waals surface area contributed by atoms with E-state index in [2.05, 4.69) is 10.3 Å². The molecule has 3 rings (SSSR count). The van der Waals surface area contributed by atoms with Crippen LogP contribution in [0.4, 0.5) is 5.13 Å². The van der Waals surface area contributed by atoms with Gasteiger partial charge >= 0.3 is 0 Å². The van der Waals surface area contributed by atoms with Gasteiger partial charge in [0.2, 0.25) is 0 Å². The molecule has 8 nitrogen and oxygen atoms in total. The van der Waals surface area contributed by atoms with Crippen molar-refractivity contribution < 1.29 is 23.1 Å². The highest BCUT2D eigenvalue weighted by molar-refractivity contribution is 7.89. The Morgan fingerprint density at radius 2 is 2.12 bits per heavy atom. The first-order valence-corrected chi connectivity index (χ1v) is 9.35. The maximum absolute atomic E-state index is 12.7. The first kappa shape index (κ1) is 17.2. The highest BCUT2D eigenvalue weighted by Crippen LogP contribution is 2.37. The number of fused-ring (bicyclic) bond motifs is 1. The third kappa shape index (κ3) is 2.83. The van der Waals surface area contributed by atoms with Crippen molar-refractivity contribution in [1.29, 1.82) is 0 Å². The highest BCUT2D eigenvalue weighted by Gasteiger charge is 2.38. The summed E-state index contributed by atoms with van der Waals surface area (Å²) in [7, 11) is -1.35. The zero-order valence-electron chi connectivity index (χ0n) is 13.6. The van der Waals surface area contributed by atoms with E-state index in [0.717, 1.165) is 9.18 Å². The van der Waals surface area contributed by atoms with E-state index < -0.39 is 21.7 Å². The van der Waals surface area contributed by atoms with Crippen LogP contribution in [0.5, 0.6) is 5.75 Å². The number of sulfonamides is 1. The summed E-state index contributed by atoms with van der Waals surface area (Å²) in [5.41, 5.74) is -0.369. The lowest BCUT2D eigenvalue weighted by Gasteiger charge is -2.28. The van der Waals surface area contributed by atoms with Crippen molar-refractivity contribution in [2.75, 3.05) is 19.5 Å². The monoisotopic (exact) mass is 381 g/mol. The number of methoxy groups -OCH3 is 1. The number of rotatable bonds is 3. The predicted molar refractivity (Wildman–Crippen MR) is 93.0 cm³/mol. The molecule has 2 N–H and O–H groups in total. The molecule has 0 aliphatic carbocycles. The molecule has 10 heteroatoms. The van der Waals surface area contributed by atoms with Crippen LogP contribution in [0.25, 0.3) is 5.76 Å². The summed E-state index contributed by atoms with van der Waals surface area (Å²) in [6.45, 7) is 1.82. The number of thiazole rings is 1. The van der Waals surface area contributed by atoms with Crippen LogP contribution in [0.2, 0.25) is 0 Å². The number of aryl methyl sites for hydroxylation is 1. The Morgan fingerprint density at radius 1 is 1.40 bits per heavy atom. The minimum absolute atomic E-state index is 0.0120. The van der Waals surface area contributed by atoms with Crippen molar-refractivity contribution in [2.45, 2.75) is 11.8 Å². The number of nitrogens with one attached hydrogen (secondary N) is 1.